The van der Waals surface area contributed by atoms with Crippen LogP contribution in [0.3, 0.4) is 0 Å². The maximum absolute atomic E-state index is 11.7. The third kappa shape index (κ3) is 5.51. The Bertz CT molecular complexity index is 425. The van der Waals surface area contributed by atoms with E-state index < -0.39 is 0 Å². The van der Waals surface area contributed by atoms with Gasteiger partial charge in [-0.15, -0.1) is 0 Å². The fraction of sp³-hybridized carbons (Fsp3) is 0.562. The summed E-state index contributed by atoms with van der Waals surface area (Å²) in [6.07, 6.45) is 0.360. The summed E-state index contributed by atoms with van der Waals surface area (Å²) in [5.74, 6) is 1.28. The van der Waals surface area contributed by atoms with Crippen molar-refractivity contribution in [2.45, 2.75) is 34.1 Å². The highest BCUT2D eigenvalue weighted by Gasteiger charge is 2.22. The molecule has 112 valence electrons. The molecular weight excluding hydrogens is 252 g/mol. The van der Waals surface area contributed by atoms with Crippen LogP contribution in [-0.4, -0.2) is 19.1 Å². The van der Waals surface area contributed by atoms with Gasteiger partial charge in [0.15, 0.2) is 0 Å². The van der Waals surface area contributed by atoms with E-state index in [-0.39, 0.29) is 11.3 Å². The van der Waals surface area contributed by atoms with E-state index >= 15 is 0 Å². The van der Waals surface area contributed by atoms with Crippen molar-refractivity contribution in [2.75, 3.05) is 18.9 Å². The molecule has 0 spiro atoms. The van der Waals surface area contributed by atoms with Crippen LogP contribution in [0.4, 0.5) is 5.69 Å². The highest BCUT2D eigenvalue weighted by Crippen LogP contribution is 2.24. The molecule has 1 amide bonds. The van der Waals surface area contributed by atoms with Gasteiger partial charge in [-0.1, -0.05) is 27.7 Å². The van der Waals surface area contributed by atoms with E-state index in [1.165, 1.54) is 0 Å². The summed E-state index contributed by atoms with van der Waals surface area (Å²) in [7, 11) is 0. The highest BCUT2D eigenvalue weighted by molar-refractivity contribution is 5.76. The van der Waals surface area contributed by atoms with E-state index in [4.69, 9.17) is 10.5 Å². The van der Waals surface area contributed by atoms with Crippen molar-refractivity contribution in [2.24, 2.45) is 11.3 Å². The van der Waals surface area contributed by atoms with Gasteiger partial charge in [0.2, 0.25) is 5.91 Å². The number of carbonyl (C=O) groups is 1. The fourth-order valence-electron chi connectivity index (χ4n) is 1.44. The number of nitrogens with two attached hydrogens (primary N) is 1. The minimum atomic E-state index is 0.0224. The van der Waals surface area contributed by atoms with Gasteiger partial charge < -0.3 is 15.8 Å². The summed E-state index contributed by atoms with van der Waals surface area (Å²) in [5, 5.41) is 2.96. The molecule has 0 heterocycles. The summed E-state index contributed by atoms with van der Waals surface area (Å²) in [6.45, 7) is 9.70. The van der Waals surface area contributed by atoms with E-state index in [0.29, 0.717) is 31.2 Å². The number of benzene rings is 1. The Morgan fingerprint density at radius 3 is 2.45 bits per heavy atom. The third-order valence-corrected chi connectivity index (χ3v) is 3.78. The number of rotatable bonds is 7. The molecular formula is C16H26N2O2. The molecule has 0 aromatic heterocycles. The topological polar surface area (TPSA) is 64.3 Å². The molecule has 0 saturated carbocycles. The van der Waals surface area contributed by atoms with Gasteiger partial charge in [-0.3, -0.25) is 4.79 Å². The van der Waals surface area contributed by atoms with Crippen LogP contribution in [0.25, 0.3) is 0 Å². The normalized spacial score (nSPS) is 11.4. The zero-order valence-corrected chi connectivity index (χ0v) is 12.9. The molecule has 1 aromatic carbocycles. The van der Waals surface area contributed by atoms with E-state index in [1.54, 1.807) is 24.3 Å². The number of anilines is 1. The van der Waals surface area contributed by atoms with Gasteiger partial charge in [-0.2, -0.15) is 0 Å². The Morgan fingerprint density at radius 1 is 1.30 bits per heavy atom. The second kappa shape index (κ2) is 7.17. The molecule has 4 heteroatoms. The number of hydrogen-bond donors (Lipinski definition) is 2. The first-order valence-electron chi connectivity index (χ1n) is 7.06. The molecule has 20 heavy (non-hydrogen) atoms. The van der Waals surface area contributed by atoms with Crippen molar-refractivity contribution in [3.05, 3.63) is 24.3 Å². The molecule has 0 saturated heterocycles. The Morgan fingerprint density at radius 2 is 1.90 bits per heavy atom. The van der Waals surface area contributed by atoms with Gasteiger partial charge in [0.25, 0.3) is 0 Å². The molecule has 0 unspecified atom stereocenters. The largest absolute Gasteiger partial charge is 0.493 e. The van der Waals surface area contributed by atoms with E-state index in [9.17, 15) is 4.79 Å². The minimum absolute atomic E-state index is 0.0224. The second-order valence-electron chi connectivity index (χ2n) is 6.09. The van der Waals surface area contributed by atoms with Crippen molar-refractivity contribution < 1.29 is 9.53 Å². The van der Waals surface area contributed by atoms with Crippen LogP contribution in [0, 0.1) is 11.3 Å². The summed E-state index contributed by atoms with van der Waals surface area (Å²) >= 11 is 0. The number of hydrogen-bond acceptors (Lipinski definition) is 3. The maximum Gasteiger partial charge on any atom is 0.223 e. The molecule has 1 rings (SSSR count). The molecule has 0 aliphatic carbocycles. The SMILES string of the molecule is CC(C)C(C)(C)CNC(=O)CCOc1ccc(N)cc1. The Labute approximate surface area is 121 Å². The minimum Gasteiger partial charge on any atom is -0.493 e. The van der Waals surface area contributed by atoms with Gasteiger partial charge >= 0.3 is 0 Å². The van der Waals surface area contributed by atoms with Crippen molar-refractivity contribution in [1.29, 1.82) is 0 Å². The first kappa shape index (κ1) is 16.3. The Hall–Kier alpha value is -1.71. The van der Waals surface area contributed by atoms with Crippen LogP contribution < -0.4 is 15.8 Å². The lowest BCUT2D eigenvalue weighted by atomic mass is 9.81. The predicted octanol–water partition coefficient (Wildman–Crippen LogP) is 2.84. The Kier molecular flexibility index (Phi) is 5.86. The first-order chi connectivity index (χ1) is 9.31. The molecule has 3 N–H and O–H groups in total. The van der Waals surface area contributed by atoms with Crippen LogP contribution in [0.15, 0.2) is 24.3 Å². The average Bonchev–Trinajstić information content (AvgIpc) is 2.39. The monoisotopic (exact) mass is 278 g/mol. The van der Waals surface area contributed by atoms with Gasteiger partial charge in [0.1, 0.15) is 5.75 Å². The van der Waals surface area contributed by atoms with Crippen LogP contribution in [0.2, 0.25) is 0 Å². The number of carbonyl (C=O) groups excluding carboxylic acids is 1. The average molecular weight is 278 g/mol. The number of amides is 1. The fourth-order valence-corrected chi connectivity index (χ4v) is 1.44. The van der Waals surface area contributed by atoms with Crippen molar-refractivity contribution >= 4 is 11.6 Å². The van der Waals surface area contributed by atoms with Crippen molar-refractivity contribution in [3.63, 3.8) is 0 Å². The van der Waals surface area contributed by atoms with Crippen LogP contribution in [0.5, 0.6) is 5.75 Å². The number of nitrogens with one attached hydrogen (secondary N) is 1. The second-order valence-corrected chi connectivity index (χ2v) is 6.09. The molecule has 0 aliphatic heterocycles. The molecule has 0 aliphatic rings. The highest BCUT2D eigenvalue weighted by atomic mass is 16.5. The Balaban J connectivity index is 2.25. The lowest BCUT2D eigenvalue weighted by molar-refractivity contribution is -0.122. The molecule has 0 fully saturated rings. The van der Waals surface area contributed by atoms with Gasteiger partial charge in [0, 0.05) is 12.2 Å². The zero-order valence-electron chi connectivity index (χ0n) is 12.9. The molecule has 0 bridgehead atoms. The smallest absolute Gasteiger partial charge is 0.223 e. The van der Waals surface area contributed by atoms with Crippen LogP contribution in [-0.2, 0) is 4.79 Å². The van der Waals surface area contributed by atoms with Crippen LogP contribution in [0.1, 0.15) is 34.1 Å². The lowest BCUT2D eigenvalue weighted by Crippen LogP contribution is -2.37. The van der Waals surface area contributed by atoms with Crippen molar-refractivity contribution in [1.82, 2.24) is 5.32 Å². The van der Waals surface area contributed by atoms with Gasteiger partial charge in [0.05, 0.1) is 13.0 Å². The third-order valence-electron chi connectivity index (χ3n) is 3.78. The number of ether oxygens (including phenoxy) is 1. The van der Waals surface area contributed by atoms with Crippen molar-refractivity contribution in [3.8, 4) is 5.75 Å². The zero-order chi connectivity index (χ0) is 15.2. The molecule has 4 nitrogen and oxygen atoms in total. The van der Waals surface area contributed by atoms with E-state index in [2.05, 4.69) is 33.0 Å². The van der Waals surface area contributed by atoms with Gasteiger partial charge in [-0.25, -0.2) is 0 Å². The lowest BCUT2D eigenvalue weighted by Gasteiger charge is -2.29. The van der Waals surface area contributed by atoms with E-state index in [1.807, 2.05) is 0 Å². The van der Waals surface area contributed by atoms with Gasteiger partial charge in [-0.05, 0) is 35.6 Å². The molecule has 1 aromatic rings. The summed E-state index contributed by atoms with van der Waals surface area (Å²) in [4.78, 5) is 11.7. The maximum atomic E-state index is 11.7. The summed E-state index contributed by atoms with van der Waals surface area (Å²) in [5.41, 5.74) is 6.39. The van der Waals surface area contributed by atoms with E-state index in [0.717, 1.165) is 5.75 Å². The standard InChI is InChI=1S/C16H26N2O2/c1-12(2)16(3,4)11-18-15(19)9-10-20-14-7-5-13(17)6-8-14/h5-8,12H,9-11,17H2,1-4H3,(H,18,19). The summed E-state index contributed by atoms with van der Waals surface area (Å²) < 4.78 is 5.49. The molecule has 0 atom stereocenters. The van der Waals surface area contributed by atoms with Crippen LogP contribution >= 0.6 is 0 Å². The number of nitrogen functional groups attached to an aromatic ring is 1. The molecule has 0 radical (unpaired) electrons. The first-order valence-corrected chi connectivity index (χ1v) is 7.06. The quantitative estimate of drug-likeness (QED) is 0.754. The summed E-state index contributed by atoms with van der Waals surface area (Å²) in [6, 6.07) is 7.16. The predicted molar refractivity (Wildman–Crippen MR) is 82.6 cm³/mol.